The van der Waals surface area contributed by atoms with Gasteiger partial charge in [-0.3, -0.25) is 4.79 Å². The van der Waals surface area contributed by atoms with E-state index in [4.69, 9.17) is 18.9 Å². The van der Waals surface area contributed by atoms with Crippen LogP contribution in [0.4, 0.5) is 0 Å². The van der Waals surface area contributed by atoms with Crippen molar-refractivity contribution in [1.29, 1.82) is 0 Å². The molecular weight excluding hydrogens is 416 g/mol. The topological polar surface area (TPSA) is 54.0 Å². The lowest BCUT2D eigenvalue weighted by Gasteiger charge is -2.29. The molecule has 0 spiro atoms. The van der Waals surface area contributed by atoms with Crippen LogP contribution in [-0.2, 0) is 23.7 Å². The standard InChI is InChI=1S/C28H40O5/c1-3-4-5-10-20(2)25(32-27-11-6-8-15-30-27)14-13-23-24-19-22(29)17-21(24)18-26(23)33-28-12-7-9-16-31-28/h20-21,23-28H,3,6-12,15-19H2,1-2H3. The molecule has 33 heavy (non-hydrogen) atoms. The highest BCUT2D eigenvalue weighted by Crippen LogP contribution is 2.48. The molecule has 0 aromatic carbocycles. The molecule has 2 aliphatic carbocycles. The Labute approximate surface area is 199 Å². The average Bonchev–Trinajstić information content (AvgIpc) is 3.33. The largest absolute Gasteiger partial charge is 0.353 e. The van der Waals surface area contributed by atoms with Gasteiger partial charge in [0.25, 0.3) is 0 Å². The number of fused-ring (bicyclic) bond motifs is 1. The van der Waals surface area contributed by atoms with E-state index in [1.165, 1.54) is 0 Å². The van der Waals surface area contributed by atoms with E-state index in [1.54, 1.807) is 0 Å². The fraction of sp³-hybridized carbons (Fsp3) is 0.821. The number of Topliss-reactive ketones (excluding diaryl/α,β-unsaturated/α-hetero) is 1. The highest BCUT2D eigenvalue weighted by Gasteiger charge is 2.49. The first kappa shape index (κ1) is 24.7. The first-order chi connectivity index (χ1) is 16.1. The smallest absolute Gasteiger partial charge is 0.159 e. The van der Waals surface area contributed by atoms with Crippen molar-refractivity contribution in [2.45, 2.75) is 109 Å². The fourth-order valence-corrected chi connectivity index (χ4v) is 5.65. The molecule has 8 atom stereocenters. The molecule has 5 heteroatoms. The molecule has 0 N–H and O–H groups in total. The number of hydrogen-bond donors (Lipinski definition) is 0. The zero-order chi connectivity index (χ0) is 23.0. The van der Waals surface area contributed by atoms with Gasteiger partial charge in [-0.15, -0.1) is 11.8 Å². The Bertz CT molecular complexity index is 759. The fourth-order valence-electron chi connectivity index (χ4n) is 5.65. The zero-order valence-electron chi connectivity index (χ0n) is 20.4. The van der Waals surface area contributed by atoms with Gasteiger partial charge in [0, 0.05) is 44.8 Å². The SMILES string of the molecule is CCC#CCC(C)C(C#CC1C(OC2CCCCO2)CC2CC(=O)CC21)OC1CCCCO1. The van der Waals surface area contributed by atoms with E-state index in [1.807, 2.05) is 0 Å². The van der Waals surface area contributed by atoms with E-state index in [9.17, 15) is 4.79 Å². The van der Waals surface area contributed by atoms with Gasteiger partial charge in [-0.25, -0.2) is 0 Å². The molecule has 0 bridgehead atoms. The predicted molar refractivity (Wildman–Crippen MR) is 126 cm³/mol. The molecule has 8 unspecified atom stereocenters. The average molecular weight is 457 g/mol. The maximum atomic E-state index is 12.2. The van der Waals surface area contributed by atoms with Crippen molar-refractivity contribution >= 4 is 5.78 Å². The first-order valence-corrected chi connectivity index (χ1v) is 13.2. The summed E-state index contributed by atoms with van der Waals surface area (Å²) >= 11 is 0. The molecule has 4 fully saturated rings. The van der Waals surface area contributed by atoms with E-state index in [0.717, 1.165) is 71.0 Å². The lowest BCUT2D eigenvalue weighted by molar-refractivity contribution is -0.192. The number of rotatable bonds is 6. The molecule has 4 rings (SSSR count). The maximum absolute atomic E-state index is 12.2. The lowest BCUT2D eigenvalue weighted by Crippen LogP contribution is -2.32. The van der Waals surface area contributed by atoms with Gasteiger partial charge in [0.05, 0.1) is 12.0 Å². The Morgan fingerprint density at radius 1 is 1.03 bits per heavy atom. The summed E-state index contributed by atoms with van der Waals surface area (Å²) in [4.78, 5) is 12.2. The van der Waals surface area contributed by atoms with Crippen LogP contribution in [0.15, 0.2) is 0 Å². The molecule has 2 aliphatic heterocycles. The number of ketones is 1. The second-order valence-corrected chi connectivity index (χ2v) is 10.1. The number of carbonyl (C=O) groups is 1. The van der Waals surface area contributed by atoms with Crippen LogP contribution in [0.3, 0.4) is 0 Å². The summed E-state index contributed by atoms with van der Waals surface area (Å²) in [6, 6.07) is 0. The summed E-state index contributed by atoms with van der Waals surface area (Å²) in [6.07, 6.45) is 9.63. The number of carbonyl (C=O) groups excluding carboxylic acids is 1. The third-order valence-corrected chi connectivity index (χ3v) is 7.49. The van der Waals surface area contributed by atoms with E-state index in [-0.39, 0.29) is 36.6 Å². The van der Waals surface area contributed by atoms with Crippen LogP contribution in [-0.4, -0.2) is 43.8 Å². The van der Waals surface area contributed by atoms with Gasteiger partial charge < -0.3 is 18.9 Å². The van der Waals surface area contributed by atoms with E-state index in [2.05, 4.69) is 37.5 Å². The van der Waals surface area contributed by atoms with Crippen LogP contribution < -0.4 is 0 Å². The molecule has 2 saturated carbocycles. The molecular formula is C28H40O5. The van der Waals surface area contributed by atoms with Crippen LogP contribution in [0, 0.1) is 47.4 Å². The minimum absolute atomic E-state index is 0.0328. The summed E-state index contributed by atoms with van der Waals surface area (Å²) in [5, 5.41) is 0. The van der Waals surface area contributed by atoms with Gasteiger partial charge in [-0.1, -0.05) is 25.7 Å². The lowest BCUT2D eigenvalue weighted by atomic mass is 9.91. The van der Waals surface area contributed by atoms with Crippen molar-refractivity contribution in [3.8, 4) is 23.7 Å². The van der Waals surface area contributed by atoms with Crippen molar-refractivity contribution in [2.24, 2.45) is 23.7 Å². The van der Waals surface area contributed by atoms with Crippen LogP contribution in [0.25, 0.3) is 0 Å². The van der Waals surface area contributed by atoms with Crippen molar-refractivity contribution in [3.05, 3.63) is 0 Å². The summed E-state index contributed by atoms with van der Waals surface area (Å²) in [7, 11) is 0. The highest BCUT2D eigenvalue weighted by atomic mass is 16.7. The number of ether oxygens (including phenoxy) is 4. The van der Waals surface area contributed by atoms with Gasteiger partial charge in [-0.05, 0) is 56.8 Å². The molecule has 0 amide bonds. The minimum Gasteiger partial charge on any atom is -0.353 e. The Kier molecular flexibility index (Phi) is 9.27. The van der Waals surface area contributed by atoms with E-state index >= 15 is 0 Å². The molecule has 5 nitrogen and oxygen atoms in total. The summed E-state index contributed by atoms with van der Waals surface area (Å²) in [5.41, 5.74) is 0. The molecule has 2 saturated heterocycles. The monoisotopic (exact) mass is 456 g/mol. The molecule has 182 valence electrons. The second kappa shape index (κ2) is 12.4. The Balaban J connectivity index is 1.49. The Morgan fingerprint density at radius 2 is 1.79 bits per heavy atom. The zero-order valence-corrected chi connectivity index (χ0v) is 20.4. The van der Waals surface area contributed by atoms with Crippen molar-refractivity contribution in [3.63, 3.8) is 0 Å². The van der Waals surface area contributed by atoms with Crippen LogP contribution in [0.1, 0.15) is 84.5 Å². The van der Waals surface area contributed by atoms with Crippen LogP contribution in [0.5, 0.6) is 0 Å². The normalized spacial score (nSPS) is 35.6. The quantitative estimate of drug-likeness (QED) is 0.534. The summed E-state index contributed by atoms with van der Waals surface area (Å²) in [5.74, 6) is 14.8. The van der Waals surface area contributed by atoms with Crippen molar-refractivity contribution in [1.82, 2.24) is 0 Å². The third kappa shape index (κ3) is 6.83. The van der Waals surface area contributed by atoms with Crippen LogP contribution >= 0.6 is 0 Å². The first-order valence-electron chi connectivity index (χ1n) is 13.2. The summed E-state index contributed by atoms with van der Waals surface area (Å²) in [6.45, 7) is 5.75. The van der Waals surface area contributed by atoms with Gasteiger partial charge in [0.15, 0.2) is 12.6 Å². The van der Waals surface area contributed by atoms with E-state index < -0.39 is 0 Å². The van der Waals surface area contributed by atoms with Crippen molar-refractivity contribution < 1.29 is 23.7 Å². The third-order valence-electron chi connectivity index (χ3n) is 7.49. The predicted octanol–water partition coefficient (Wildman–Crippen LogP) is 4.87. The second-order valence-electron chi connectivity index (χ2n) is 10.1. The molecule has 0 radical (unpaired) electrons. The Hall–Kier alpha value is -1.37. The van der Waals surface area contributed by atoms with Gasteiger partial charge in [0.2, 0.25) is 0 Å². The van der Waals surface area contributed by atoms with Gasteiger partial charge >= 0.3 is 0 Å². The summed E-state index contributed by atoms with van der Waals surface area (Å²) < 4.78 is 24.5. The maximum Gasteiger partial charge on any atom is 0.159 e. The highest BCUT2D eigenvalue weighted by molar-refractivity contribution is 5.81. The molecule has 2 heterocycles. The molecule has 4 aliphatic rings. The number of hydrogen-bond acceptors (Lipinski definition) is 5. The van der Waals surface area contributed by atoms with Gasteiger partial charge in [0.1, 0.15) is 11.9 Å². The molecule has 0 aromatic rings. The van der Waals surface area contributed by atoms with Crippen molar-refractivity contribution in [2.75, 3.05) is 13.2 Å². The van der Waals surface area contributed by atoms with Crippen LogP contribution in [0.2, 0.25) is 0 Å². The van der Waals surface area contributed by atoms with Gasteiger partial charge in [-0.2, -0.15) is 0 Å². The minimum atomic E-state index is -0.234. The molecule has 0 aromatic heterocycles. The Morgan fingerprint density at radius 3 is 2.48 bits per heavy atom. The van der Waals surface area contributed by atoms with E-state index in [0.29, 0.717) is 30.5 Å².